The molecule has 0 spiro atoms. The fourth-order valence-electron chi connectivity index (χ4n) is 2.00. The molecule has 8 heteroatoms. The Labute approximate surface area is 139 Å². The maximum Gasteiger partial charge on any atom is 0.270 e. The number of hydrogen-bond donors (Lipinski definition) is 1. The van der Waals surface area contributed by atoms with Gasteiger partial charge < -0.3 is 4.98 Å². The highest BCUT2D eigenvalue weighted by atomic mass is 79.9. The number of aromatic amines is 1. The quantitative estimate of drug-likeness (QED) is 0.365. The highest BCUT2D eigenvalue weighted by molar-refractivity contribution is 9.13. The number of thiophene rings is 1. The predicted molar refractivity (Wildman–Crippen MR) is 88.1 cm³/mol. The van der Waals surface area contributed by atoms with Gasteiger partial charge in [-0.2, -0.15) is 0 Å². The molecule has 2 aromatic heterocycles. The van der Waals surface area contributed by atoms with Gasteiger partial charge in [-0.25, -0.2) is 0 Å². The number of ketones is 1. The van der Waals surface area contributed by atoms with Gasteiger partial charge >= 0.3 is 0 Å². The molecule has 1 N–H and O–H groups in total. The van der Waals surface area contributed by atoms with E-state index in [-0.39, 0.29) is 11.5 Å². The van der Waals surface area contributed by atoms with Crippen molar-refractivity contribution in [3.8, 4) is 0 Å². The molecule has 1 aromatic carbocycles. The van der Waals surface area contributed by atoms with Crippen molar-refractivity contribution in [1.82, 2.24) is 4.98 Å². The van der Waals surface area contributed by atoms with Crippen LogP contribution >= 0.6 is 43.2 Å². The Kier molecular flexibility index (Phi) is 3.68. The Morgan fingerprint density at radius 3 is 2.67 bits per heavy atom. The molecule has 21 heavy (non-hydrogen) atoms. The second kappa shape index (κ2) is 5.36. The molecule has 0 aliphatic heterocycles. The van der Waals surface area contributed by atoms with E-state index in [4.69, 9.17) is 0 Å². The molecule has 0 fully saturated rings. The summed E-state index contributed by atoms with van der Waals surface area (Å²) in [6.45, 7) is 0. The Morgan fingerprint density at radius 2 is 2.05 bits per heavy atom. The van der Waals surface area contributed by atoms with Crippen LogP contribution < -0.4 is 0 Å². The minimum atomic E-state index is -0.473. The summed E-state index contributed by atoms with van der Waals surface area (Å²) in [6, 6.07) is 6.15. The van der Waals surface area contributed by atoms with Gasteiger partial charge in [0.05, 0.1) is 13.6 Å². The highest BCUT2D eigenvalue weighted by Crippen LogP contribution is 2.34. The van der Waals surface area contributed by atoms with Gasteiger partial charge in [-0.05, 0) is 44.0 Å². The lowest BCUT2D eigenvalue weighted by Crippen LogP contribution is -1.97. The number of carbonyl (C=O) groups excluding carboxylic acids is 1. The van der Waals surface area contributed by atoms with E-state index >= 15 is 0 Å². The van der Waals surface area contributed by atoms with Crippen LogP contribution in [0.2, 0.25) is 0 Å². The van der Waals surface area contributed by atoms with E-state index in [1.54, 1.807) is 18.3 Å². The van der Waals surface area contributed by atoms with Crippen LogP contribution in [0.25, 0.3) is 10.9 Å². The van der Waals surface area contributed by atoms with Gasteiger partial charge in [0, 0.05) is 39.3 Å². The minimum Gasteiger partial charge on any atom is -0.360 e. The summed E-state index contributed by atoms with van der Waals surface area (Å²) in [6.07, 6.45) is 1.58. The molecule has 2 heterocycles. The lowest BCUT2D eigenvalue weighted by Gasteiger charge is -1.96. The molecule has 0 saturated heterocycles. The van der Waals surface area contributed by atoms with Crippen molar-refractivity contribution >= 4 is 65.6 Å². The molecule has 0 amide bonds. The standard InChI is InChI=1S/C13H6Br2N2O3S/c14-9-4-11(21-13(9)15)12(18)8-5-16-10-2-1-6(17(19)20)3-7(8)10/h1-5,16H. The number of fused-ring (bicyclic) bond motifs is 1. The van der Waals surface area contributed by atoms with Crippen molar-refractivity contribution in [1.29, 1.82) is 0 Å². The van der Waals surface area contributed by atoms with Crippen molar-refractivity contribution in [2.75, 3.05) is 0 Å². The highest BCUT2D eigenvalue weighted by Gasteiger charge is 2.19. The molecule has 0 saturated carbocycles. The SMILES string of the molecule is O=C(c1cc(Br)c(Br)s1)c1c[nH]c2ccc([N+](=O)[O-])cc12. The lowest BCUT2D eigenvalue weighted by atomic mass is 10.1. The van der Waals surface area contributed by atoms with Crippen LogP contribution in [0.3, 0.4) is 0 Å². The third-order valence-corrected chi connectivity index (χ3v) is 6.24. The molecule has 0 bridgehead atoms. The first kappa shape index (κ1) is 14.4. The smallest absolute Gasteiger partial charge is 0.270 e. The average molecular weight is 430 g/mol. The molecule has 3 rings (SSSR count). The number of benzene rings is 1. The van der Waals surface area contributed by atoms with Crippen molar-refractivity contribution in [3.05, 3.63) is 59.3 Å². The second-order valence-electron chi connectivity index (χ2n) is 4.25. The van der Waals surface area contributed by atoms with Crippen LogP contribution in [0.5, 0.6) is 0 Å². The summed E-state index contributed by atoms with van der Waals surface area (Å²) in [5.41, 5.74) is 1.08. The van der Waals surface area contributed by atoms with Gasteiger partial charge in [0.2, 0.25) is 5.78 Å². The van der Waals surface area contributed by atoms with Crippen molar-refractivity contribution in [2.24, 2.45) is 0 Å². The normalized spacial score (nSPS) is 11.0. The zero-order chi connectivity index (χ0) is 15.1. The van der Waals surface area contributed by atoms with Crippen LogP contribution in [-0.4, -0.2) is 15.7 Å². The number of nitrogens with zero attached hydrogens (tertiary/aromatic N) is 1. The first-order chi connectivity index (χ1) is 9.97. The summed E-state index contributed by atoms with van der Waals surface area (Å²) in [5.74, 6) is -0.168. The van der Waals surface area contributed by atoms with Crippen LogP contribution in [-0.2, 0) is 0 Å². The van der Waals surface area contributed by atoms with Crippen LogP contribution in [0.15, 0.2) is 38.7 Å². The van der Waals surface area contributed by atoms with E-state index in [0.717, 1.165) is 8.26 Å². The van der Waals surface area contributed by atoms with Crippen LogP contribution in [0, 0.1) is 10.1 Å². The minimum absolute atomic E-state index is 0.0373. The first-order valence-corrected chi connectivity index (χ1v) is 8.12. The van der Waals surface area contributed by atoms with E-state index in [2.05, 4.69) is 36.8 Å². The van der Waals surface area contributed by atoms with Gasteiger partial charge in [0.1, 0.15) is 0 Å². The van der Waals surface area contributed by atoms with Gasteiger partial charge in [-0.15, -0.1) is 11.3 Å². The molecule has 106 valence electrons. The fourth-order valence-corrected chi connectivity index (χ4v) is 3.99. The molecule has 3 aromatic rings. The summed E-state index contributed by atoms with van der Waals surface area (Å²) >= 11 is 8.00. The molecular weight excluding hydrogens is 424 g/mol. The molecule has 0 unspecified atom stereocenters. The van der Waals surface area contributed by atoms with Crippen molar-refractivity contribution in [2.45, 2.75) is 0 Å². The number of nitrogens with one attached hydrogen (secondary N) is 1. The zero-order valence-corrected chi connectivity index (χ0v) is 14.2. The lowest BCUT2D eigenvalue weighted by molar-refractivity contribution is -0.384. The Hall–Kier alpha value is -1.51. The van der Waals surface area contributed by atoms with Crippen molar-refractivity contribution in [3.63, 3.8) is 0 Å². The second-order valence-corrected chi connectivity index (χ2v) is 7.48. The maximum atomic E-state index is 12.5. The largest absolute Gasteiger partial charge is 0.360 e. The Bertz CT molecular complexity index is 865. The molecule has 0 atom stereocenters. The summed E-state index contributed by atoms with van der Waals surface area (Å²) < 4.78 is 1.64. The summed E-state index contributed by atoms with van der Waals surface area (Å²) in [5, 5.41) is 11.4. The number of non-ortho nitro benzene ring substituents is 1. The number of halogens is 2. The van der Waals surface area contributed by atoms with Gasteiger partial charge in [-0.1, -0.05) is 0 Å². The fraction of sp³-hybridized carbons (Fsp3) is 0. The van der Waals surface area contributed by atoms with E-state index in [1.165, 1.54) is 23.5 Å². The maximum absolute atomic E-state index is 12.5. The number of hydrogen-bond acceptors (Lipinski definition) is 4. The zero-order valence-electron chi connectivity index (χ0n) is 10.2. The van der Waals surface area contributed by atoms with Gasteiger partial charge in [0.25, 0.3) is 5.69 Å². The Balaban J connectivity index is 2.13. The number of aromatic nitrogens is 1. The first-order valence-electron chi connectivity index (χ1n) is 5.72. The van der Waals surface area contributed by atoms with Gasteiger partial charge in [0.15, 0.2) is 0 Å². The summed E-state index contributed by atoms with van der Waals surface area (Å²) in [4.78, 5) is 26.5. The molecule has 0 aliphatic rings. The average Bonchev–Trinajstić information content (AvgIpc) is 3.01. The summed E-state index contributed by atoms with van der Waals surface area (Å²) in [7, 11) is 0. The van der Waals surface area contributed by atoms with E-state index in [0.29, 0.717) is 21.3 Å². The van der Waals surface area contributed by atoms with E-state index in [9.17, 15) is 14.9 Å². The number of rotatable bonds is 3. The van der Waals surface area contributed by atoms with E-state index in [1.807, 2.05) is 0 Å². The van der Waals surface area contributed by atoms with Gasteiger partial charge in [-0.3, -0.25) is 14.9 Å². The number of carbonyl (C=O) groups is 1. The topological polar surface area (TPSA) is 76.0 Å². The number of nitro benzene ring substituents is 1. The van der Waals surface area contributed by atoms with Crippen molar-refractivity contribution < 1.29 is 9.72 Å². The third kappa shape index (κ3) is 2.54. The Morgan fingerprint density at radius 1 is 1.29 bits per heavy atom. The van der Waals surface area contributed by atoms with Crippen LogP contribution in [0.1, 0.15) is 15.2 Å². The molecule has 5 nitrogen and oxygen atoms in total. The molecular formula is C13H6Br2N2O3S. The van der Waals surface area contributed by atoms with E-state index < -0.39 is 4.92 Å². The molecule has 0 radical (unpaired) electrons. The third-order valence-electron chi connectivity index (χ3n) is 2.99. The number of H-pyrrole nitrogens is 1. The number of nitro groups is 1. The predicted octanol–water partition coefficient (Wildman–Crippen LogP) is 4.89. The monoisotopic (exact) mass is 428 g/mol. The van der Waals surface area contributed by atoms with Crippen LogP contribution in [0.4, 0.5) is 5.69 Å². The molecule has 0 aliphatic carbocycles.